The van der Waals surface area contributed by atoms with Gasteiger partial charge in [0, 0.05) is 52.4 Å². The third-order valence-corrected chi connectivity index (χ3v) is 4.79. The van der Waals surface area contributed by atoms with Crippen LogP contribution in [0, 0.1) is 0 Å². The molecule has 1 aromatic carbocycles. The van der Waals surface area contributed by atoms with Gasteiger partial charge in [-0.25, -0.2) is 0 Å². The van der Waals surface area contributed by atoms with Crippen molar-refractivity contribution in [2.75, 3.05) is 66.5 Å². The maximum absolute atomic E-state index is 5.93. The number of halogens is 1. The van der Waals surface area contributed by atoms with Gasteiger partial charge in [-0.2, -0.15) is 0 Å². The second-order valence-corrected chi connectivity index (χ2v) is 6.76. The van der Waals surface area contributed by atoms with E-state index in [2.05, 4.69) is 32.3 Å². The van der Waals surface area contributed by atoms with E-state index in [1.807, 2.05) is 31.2 Å². The number of benzene rings is 1. The quantitative estimate of drug-likeness (QED) is 0.304. The minimum atomic E-state index is 0. The highest BCUT2D eigenvalue weighted by molar-refractivity contribution is 14.0. The molecule has 28 heavy (non-hydrogen) atoms. The molecule has 1 aromatic rings. The van der Waals surface area contributed by atoms with Crippen LogP contribution in [-0.4, -0.2) is 88.4 Å². The number of methoxy groups -OCH3 is 1. The Labute approximate surface area is 186 Å². The van der Waals surface area contributed by atoms with E-state index in [1.54, 1.807) is 14.2 Å². The Hall–Kier alpha value is -1.26. The van der Waals surface area contributed by atoms with Crippen molar-refractivity contribution in [1.82, 2.24) is 20.4 Å². The Balaban J connectivity index is 0.00000392. The average Bonchev–Trinajstić information content (AvgIpc) is 2.71. The summed E-state index contributed by atoms with van der Waals surface area (Å²) >= 11 is 0. The highest BCUT2D eigenvalue weighted by Gasteiger charge is 2.14. The van der Waals surface area contributed by atoms with Gasteiger partial charge in [0.05, 0.1) is 13.7 Å². The lowest BCUT2D eigenvalue weighted by atomic mass is 10.3. The molecule has 7 nitrogen and oxygen atoms in total. The Morgan fingerprint density at radius 3 is 2.46 bits per heavy atom. The van der Waals surface area contributed by atoms with Crippen LogP contribution in [0.15, 0.2) is 29.3 Å². The van der Waals surface area contributed by atoms with Crippen molar-refractivity contribution in [3.63, 3.8) is 0 Å². The maximum atomic E-state index is 5.93. The van der Waals surface area contributed by atoms with Gasteiger partial charge in [0.15, 0.2) is 5.96 Å². The molecule has 1 aliphatic rings. The zero-order valence-electron chi connectivity index (χ0n) is 17.6. The van der Waals surface area contributed by atoms with Crippen LogP contribution in [0.2, 0.25) is 0 Å². The van der Waals surface area contributed by atoms with Gasteiger partial charge in [0.2, 0.25) is 0 Å². The van der Waals surface area contributed by atoms with Crippen LogP contribution in [0.5, 0.6) is 11.5 Å². The molecule has 0 spiro atoms. The normalized spacial score (nSPS) is 16.8. The smallest absolute Gasteiger partial charge is 0.191 e. The van der Waals surface area contributed by atoms with Crippen LogP contribution in [0.3, 0.4) is 0 Å². The lowest BCUT2D eigenvalue weighted by Gasteiger charge is -2.34. The van der Waals surface area contributed by atoms with E-state index in [9.17, 15) is 0 Å². The molecule has 0 radical (unpaired) electrons. The van der Waals surface area contributed by atoms with Gasteiger partial charge < -0.3 is 25.0 Å². The van der Waals surface area contributed by atoms with Gasteiger partial charge in [0.25, 0.3) is 0 Å². The first-order valence-electron chi connectivity index (χ1n) is 9.84. The number of aliphatic imine (C=N–C) groups is 1. The average molecular weight is 505 g/mol. The highest BCUT2D eigenvalue weighted by atomic mass is 127. The van der Waals surface area contributed by atoms with E-state index in [0.29, 0.717) is 6.54 Å². The minimum Gasteiger partial charge on any atom is -0.497 e. The summed E-state index contributed by atoms with van der Waals surface area (Å²) in [4.78, 5) is 9.29. The number of hydrogen-bond acceptors (Lipinski definition) is 5. The fraction of sp³-hybridized carbons (Fsp3) is 0.650. The van der Waals surface area contributed by atoms with Gasteiger partial charge in [-0.1, -0.05) is 13.0 Å². The third kappa shape index (κ3) is 8.83. The van der Waals surface area contributed by atoms with E-state index in [0.717, 1.165) is 50.2 Å². The largest absolute Gasteiger partial charge is 0.497 e. The number of likely N-dealkylation sites (N-methyl/N-ethyl adjacent to an activating group) is 1. The lowest BCUT2D eigenvalue weighted by Crippen LogP contribution is -2.49. The van der Waals surface area contributed by atoms with Crippen LogP contribution >= 0.6 is 24.0 Å². The molecule has 1 unspecified atom stereocenters. The van der Waals surface area contributed by atoms with Gasteiger partial charge in [-0.15, -0.1) is 24.0 Å². The van der Waals surface area contributed by atoms with Crippen molar-refractivity contribution in [2.24, 2.45) is 4.99 Å². The van der Waals surface area contributed by atoms with Crippen LogP contribution in [0.1, 0.15) is 13.8 Å². The molecule has 1 aliphatic heterocycles. The summed E-state index contributed by atoms with van der Waals surface area (Å²) in [6.45, 7) is 12.6. The van der Waals surface area contributed by atoms with Crippen LogP contribution in [-0.2, 0) is 0 Å². The van der Waals surface area contributed by atoms with Crippen LogP contribution in [0.25, 0.3) is 0 Å². The number of nitrogens with one attached hydrogen (secondary N) is 2. The summed E-state index contributed by atoms with van der Waals surface area (Å²) < 4.78 is 11.2. The first-order chi connectivity index (χ1) is 13.1. The first-order valence-corrected chi connectivity index (χ1v) is 9.84. The molecule has 1 heterocycles. The first kappa shape index (κ1) is 24.8. The second-order valence-electron chi connectivity index (χ2n) is 6.76. The fourth-order valence-electron chi connectivity index (χ4n) is 3.07. The summed E-state index contributed by atoms with van der Waals surface area (Å²) in [5.74, 6) is 2.41. The van der Waals surface area contributed by atoms with Gasteiger partial charge >= 0.3 is 0 Å². The fourth-order valence-corrected chi connectivity index (χ4v) is 3.07. The number of hydrogen-bond donors (Lipinski definition) is 2. The second kappa shape index (κ2) is 13.8. The highest BCUT2D eigenvalue weighted by Crippen LogP contribution is 2.19. The summed E-state index contributed by atoms with van der Waals surface area (Å²) in [5.41, 5.74) is 0. The Morgan fingerprint density at radius 1 is 1.14 bits per heavy atom. The molecule has 2 N–H and O–H groups in total. The molecule has 0 aromatic heterocycles. The molecular weight excluding hydrogens is 469 g/mol. The molecule has 1 atom stereocenters. The topological polar surface area (TPSA) is 61.4 Å². The number of nitrogens with zero attached hydrogens (tertiary/aromatic N) is 3. The Kier molecular flexibility index (Phi) is 12.2. The molecule has 0 saturated carbocycles. The van der Waals surface area contributed by atoms with Crippen LogP contribution in [0.4, 0.5) is 0 Å². The van der Waals surface area contributed by atoms with E-state index < -0.39 is 0 Å². The van der Waals surface area contributed by atoms with E-state index >= 15 is 0 Å². The molecule has 2 rings (SSSR count). The van der Waals surface area contributed by atoms with Crippen molar-refractivity contribution < 1.29 is 9.47 Å². The van der Waals surface area contributed by atoms with Crippen molar-refractivity contribution in [2.45, 2.75) is 20.0 Å². The van der Waals surface area contributed by atoms with Crippen LogP contribution < -0.4 is 20.1 Å². The number of piperazine rings is 1. The zero-order valence-corrected chi connectivity index (χ0v) is 19.9. The summed E-state index contributed by atoms with van der Waals surface area (Å²) in [7, 11) is 3.45. The number of rotatable bonds is 9. The van der Waals surface area contributed by atoms with Gasteiger partial charge in [-0.3, -0.25) is 9.89 Å². The Morgan fingerprint density at radius 2 is 1.82 bits per heavy atom. The predicted molar refractivity (Wildman–Crippen MR) is 126 cm³/mol. The Bertz CT molecular complexity index is 579. The molecule has 1 saturated heterocycles. The molecular formula is C20H36IN5O2. The van der Waals surface area contributed by atoms with Crippen molar-refractivity contribution >= 4 is 29.9 Å². The monoisotopic (exact) mass is 505 g/mol. The summed E-state index contributed by atoms with van der Waals surface area (Å²) in [6, 6.07) is 7.66. The summed E-state index contributed by atoms with van der Waals surface area (Å²) in [5, 5.41) is 6.72. The number of guanidine groups is 1. The molecule has 0 bridgehead atoms. The lowest BCUT2D eigenvalue weighted by molar-refractivity contribution is 0.139. The van der Waals surface area contributed by atoms with E-state index in [4.69, 9.17) is 9.47 Å². The molecule has 0 amide bonds. The molecule has 160 valence electrons. The molecule has 8 heteroatoms. The van der Waals surface area contributed by atoms with Gasteiger partial charge in [-0.05, 0) is 25.6 Å². The SMILES string of the molecule is CCN1CCN(CCNC(=NC)NCC(C)Oc2cccc(OC)c2)CC1.I. The van der Waals surface area contributed by atoms with Crippen molar-refractivity contribution in [1.29, 1.82) is 0 Å². The van der Waals surface area contributed by atoms with E-state index in [-0.39, 0.29) is 30.1 Å². The number of ether oxygens (including phenoxy) is 2. The maximum Gasteiger partial charge on any atom is 0.191 e. The van der Waals surface area contributed by atoms with Crippen molar-refractivity contribution in [3.8, 4) is 11.5 Å². The van der Waals surface area contributed by atoms with Crippen molar-refractivity contribution in [3.05, 3.63) is 24.3 Å². The predicted octanol–water partition coefficient (Wildman–Crippen LogP) is 1.88. The third-order valence-electron chi connectivity index (χ3n) is 4.79. The van der Waals surface area contributed by atoms with Gasteiger partial charge in [0.1, 0.15) is 17.6 Å². The zero-order chi connectivity index (χ0) is 19.5. The standard InChI is InChI=1S/C20H35N5O2.HI/c1-5-24-11-13-25(14-12-24)10-9-22-20(21-3)23-16-17(2)27-19-8-6-7-18(15-19)26-4;/h6-8,15,17H,5,9-14,16H2,1-4H3,(H2,21,22,23);1H. The molecule has 0 aliphatic carbocycles. The van der Waals surface area contributed by atoms with E-state index in [1.165, 1.54) is 13.1 Å². The molecule has 1 fully saturated rings. The summed E-state index contributed by atoms with van der Waals surface area (Å²) in [6.07, 6.45) is 0.0118. The minimum absolute atomic E-state index is 0.